The van der Waals surface area contributed by atoms with Crippen molar-refractivity contribution in [1.82, 2.24) is 9.88 Å². The summed E-state index contributed by atoms with van der Waals surface area (Å²) in [5.74, 6) is 2.33. The standard InChI is InChI=1S/C12H16N2O2S2/c15-5-7-17-6-4-14-11(16)9-18-12(14)10-2-1-3-13-8-10/h1-3,8,12,15H,4-7,9H2. The van der Waals surface area contributed by atoms with Crippen LogP contribution in [0.1, 0.15) is 10.9 Å². The number of amides is 1. The fourth-order valence-electron chi connectivity index (χ4n) is 1.82. The highest BCUT2D eigenvalue weighted by Crippen LogP contribution is 2.38. The number of carbonyl (C=O) groups excluding carboxylic acids is 1. The van der Waals surface area contributed by atoms with Crippen LogP contribution in [0.3, 0.4) is 0 Å². The molecule has 1 aromatic heterocycles. The van der Waals surface area contributed by atoms with E-state index in [0.717, 1.165) is 23.6 Å². The molecule has 1 N–H and O–H groups in total. The third-order valence-electron chi connectivity index (χ3n) is 2.65. The Morgan fingerprint density at radius 3 is 3.17 bits per heavy atom. The number of nitrogens with zero attached hydrogens (tertiary/aromatic N) is 2. The summed E-state index contributed by atoms with van der Waals surface area (Å²) in [5.41, 5.74) is 1.08. The molecule has 6 heteroatoms. The highest BCUT2D eigenvalue weighted by atomic mass is 32.2. The molecule has 1 aliphatic rings. The highest BCUT2D eigenvalue weighted by molar-refractivity contribution is 8.00. The first-order chi connectivity index (χ1) is 8.83. The second-order valence-corrected chi connectivity index (χ2v) is 6.17. The fraction of sp³-hybridized carbons (Fsp3) is 0.500. The zero-order valence-corrected chi connectivity index (χ0v) is 11.6. The number of hydrogen-bond donors (Lipinski definition) is 1. The van der Waals surface area contributed by atoms with Gasteiger partial charge in [-0.25, -0.2) is 0 Å². The minimum absolute atomic E-state index is 0.0981. The van der Waals surface area contributed by atoms with Crippen LogP contribution in [-0.2, 0) is 4.79 Å². The monoisotopic (exact) mass is 284 g/mol. The van der Waals surface area contributed by atoms with Gasteiger partial charge in [0.05, 0.1) is 12.4 Å². The molecule has 0 spiro atoms. The van der Waals surface area contributed by atoms with Gasteiger partial charge in [0.1, 0.15) is 5.37 Å². The third-order valence-corrected chi connectivity index (χ3v) is 4.85. The molecule has 1 atom stereocenters. The molecule has 0 aliphatic carbocycles. The Hall–Kier alpha value is -0.720. The van der Waals surface area contributed by atoms with Gasteiger partial charge in [0.15, 0.2) is 0 Å². The zero-order chi connectivity index (χ0) is 12.8. The number of rotatable bonds is 6. The number of carbonyl (C=O) groups is 1. The van der Waals surface area contributed by atoms with E-state index >= 15 is 0 Å². The topological polar surface area (TPSA) is 53.4 Å². The number of aliphatic hydroxyl groups excluding tert-OH is 1. The van der Waals surface area contributed by atoms with Crippen LogP contribution < -0.4 is 0 Å². The molecule has 2 rings (SSSR count). The Balaban J connectivity index is 1.95. The van der Waals surface area contributed by atoms with Crippen molar-refractivity contribution in [3.63, 3.8) is 0 Å². The van der Waals surface area contributed by atoms with Crippen molar-refractivity contribution in [2.24, 2.45) is 0 Å². The number of hydrogen-bond acceptors (Lipinski definition) is 5. The van der Waals surface area contributed by atoms with Crippen molar-refractivity contribution in [3.8, 4) is 0 Å². The molecule has 0 bridgehead atoms. The second kappa shape index (κ2) is 7.01. The average molecular weight is 284 g/mol. The minimum atomic E-state index is 0.0981. The Bertz CT molecular complexity index is 389. The minimum Gasteiger partial charge on any atom is -0.396 e. The lowest BCUT2D eigenvalue weighted by Gasteiger charge is -2.23. The van der Waals surface area contributed by atoms with Gasteiger partial charge in [0.25, 0.3) is 0 Å². The molecule has 1 aliphatic heterocycles. The number of thioether (sulfide) groups is 2. The summed E-state index contributed by atoms with van der Waals surface area (Å²) in [6.45, 7) is 0.926. The van der Waals surface area contributed by atoms with Crippen molar-refractivity contribution in [1.29, 1.82) is 0 Å². The predicted molar refractivity (Wildman–Crippen MR) is 75.6 cm³/mol. The molecule has 4 nitrogen and oxygen atoms in total. The first-order valence-electron chi connectivity index (χ1n) is 5.82. The molecule has 1 unspecified atom stereocenters. The highest BCUT2D eigenvalue weighted by Gasteiger charge is 2.32. The van der Waals surface area contributed by atoms with Crippen LogP contribution in [0.5, 0.6) is 0 Å². The van der Waals surface area contributed by atoms with Gasteiger partial charge in [-0.05, 0) is 6.07 Å². The van der Waals surface area contributed by atoms with Crippen molar-refractivity contribution in [3.05, 3.63) is 30.1 Å². The van der Waals surface area contributed by atoms with Crippen LogP contribution in [0.4, 0.5) is 0 Å². The summed E-state index contributed by atoms with van der Waals surface area (Å²) in [6.07, 6.45) is 3.57. The van der Waals surface area contributed by atoms with Gasteiger partial charge in [0, 0.05) is 36.0 Å². The van der Waals surface area contributed by atoms with E-state index in [2.05, 4.69) is 4.98 Å². The molecule has 1 aromatic rings. The van der Waals surface area contributed by atoms with E-state index in [0.29, 0.717) is 5.75 Å². The van der Waals surface area contributed by atoms with E-state index in [-0.39, 0.29) is 17.9 Å². The zero-order valence-electron chi connectivity index (χ0n) is 9.99. The lowest BCUT2D eigenvalue weighted by atomic mass is 10.2. The summed E-state index contributed by atoms with van der Waals surface area (Å²) in [4.78, 5) is 17.9. The SMILES string of the molecule is O=C1CSC(c2cccnc2)N1CCSCCO. The maximum Gasteiger partial charge on any atom is 0.233 e. The van der Waals surface area contributed by atoms with Crippen molar-refractivity contribution in [2.45, 2.75) is 5.37 Å². The summed E-state index contributed by atoms with van der Waals surface area (Å²) in [6, 6.07) is 3.91. The van der Waals surface area contributed by atoms with Crippen molar-refractivity contribution < 1.29 is 9.90 Å². The van der Waals surface area contributed by atoms with Crippen molar-refractivity contribution in [2.75, 3.05) is 30.4 Å². The largest absolute Gasteiger partial charge is 0.396 e. The predicted octanol–water partition coefficient (Wildman–Crippen LogP) is 1.38. The first kappa shape index (κ1) is 13.7. The quantitative estimate of drug-likeness (QED) is 0.800. The lowest BCUT2D eigenvalue weighted by molar-refractivity contribution is -0.127. The Morgan fingerprint density at radius 2 is 2.44 bits per heavy atom. The number of pyridine rings is 1. The van der Waals surface area contributed by atoms with Crippen LogP contribution in [-0.4, -0.2) is 51.3 Å². The second-order valence-electron chi connectivity index (χ2n) is 3.87. The van der Waals surface area contributed by atoms with Gasteiger partial charge < -0.3 is 10.0 Å². The molecule has 1 amide bonds. The first-order valence-corrected chi connectivity index (χ1v) is 8.03. The van der Waals surface area contributed by atoms with E-state index < -0.39 is 0 Å². The molecular weight excluding hydrogens is 268 g/mol. The average Bonchev–Trinajstić information content (AvgIpc) is 2.77. The van der Waals surface area contributed by atoms with E-state index in [1.54, 1.807) is 29.7 Å². The summed E-state index contributed by atoms with van der Waals surface area (Å²) in [7, 11) is 0. The molecule has 0 radical (unpaired) electrons. The molecule has 1 fully saturated rings. The van der Waals surface area contributed by atoms with Gasteiger partial charge >= 0.3 is 0 Å². The molecule has 0 saturated carbocycles. The maximum atomic E-state index is 11.8. The van der Waals surface area contributed by atoms with Gasteiger partial charge in [-0.1, -0.05) is 6.07 Å². The lowest BCUT2D eigenvalue weighted by Crippen LogP contribution is -2.30. The Labute approximate surface area is 115 Å². The van der Waals surface area contributed by atoms with Gasteiger partial charge in [-0.3, -0.25) is 9.78 Å². The third kappa shape index (κ3) is 3.40. The van der Waals surface area contributed by atoms with Crippen LogP contribution >= 0.6 is 23.5 Å². The van der Waals surface area contributed by atoms with Gasteiger partial charge in [-0.2, -0.15) is 11.8 Å². The molecule has 18 heavy (non-hydrogen) atoms. The smallest absolute Gasteiger partial charge is 0.233 e. The van der Waals surface area contributed by atoms with Gasteiger partial charge in [0.2, 0.25) is 5.91 Å². The number of aliphatic hydroxyl groups is 1. The van der Waals surface area contributed by atoms with Crippen LogP contribution in [0.25, 0.3) is 0 Å². The van der Waals surface area contributed by atoms with Crippen molar-refractivity contribution >= 4 is 29.4 Å². The summed E-state index contributed by atoms with van der Waals surface area (Å²) >= 11 is 3.32. The molecule has 2 heterocycles. The van der Waals surface area contributed by atoms with E-state index in [1.165, 1.54) is 0 Å². The Kier molecular flexibility index (Phi) is 5.34. The molecule has 98 valence electrons. The van der Waals surface area contributed by atoms with Gasteiger partial charge in [-0.15, -0.1) is 11.8 Å². The molecular formula is C12H16N2O2S2. The van der Waals surface area contributed by atoms with E-state index in [1.807, 2.05) is 23.2 Å². The molecule has 0 aromatic carbocycles. The maximum absolute atomic E-state index is 11.8. The van der Waals surface area contributed by atoms with Crippen LogP contribution in [0, 0.1) is 0 Å². The fourth-order valence-corrected chi connectivity index (χ4v) is 3.68. The van der Waals surface area contributed by atoms with Crippen LogP contribution in [0.15, 0.2) is 24.5 Å². The molecule has 1 saturated heterocycles. The van der Waals surface area contributed by atoms with Crippen LogP contribution in [0.2, 0.25) is 0 Å². The normalized spacial score (nSPS) is 19.5. The Morgan fingerprint density at radius 1 is 1.56 bits per heavy atom. The van der Waals surface area contributed by atoms with E-state index in [9.17, 15) is 4.79 Å². The summed E-state index contributed by atoms with van der Waals surface area (Å²) in [5, 5.41) is 8.82. The summed E-state index contributed by atoms with van der Waals surface area (Å²) < 4.78 is 0. The number of aromatic nitrogens is 1. The van der Waals surface area contributed by atoms with E-state index in [4.69, 9.17) is 5.11 Å².